The van der Waals surface area contributed by atoms with Gasteiger partial charge in [0.2, 0.25) is 5.91 Å². The summed E-state index contributed by atoms with van der Waals surface area (Å²) in [5, 5.41) is 9.41. The molecule has 1 aromatic heterocycles. The summed E-state index contributed by atoms with van der Waals surface area (Å²) in [6.45, 7) is 5.48. The molecule has 2 fully saturated rings. The molecule has 1 amide bonds. The van der Waals surface area contributed by atoms with Gasteiger partial charge in [-0.3, -0.25) is 4.79 Å². The maximum absolute atomic E-state index is 12.6. The number of piperidine rings is 1. The zero-order valence-electron chi connectivity index (χ0n) is 15.5. The normalized spacial score (nSPS) is 18.9. The summed E-state index contributed by atoms with van der Waals surface area (Å²) in [5.41, 5.74) is 1.03. The number of ether oxygens (including phenoxy) is 2. The van der Waals surface area contributed by atoms with Gasteiger partial charge in [0, 0.05) is 38.0 Å². The molecule has 1 aromatic carbocycles. The average Bonchev–Trinajstić information content (AvgIpc) is 3.34. The average molecular weight is 388 g/mol. The van der Waals surface area contributed by atoms with Gasteiger partial charge in [0.25, 0.3) is 0 Å². The van der Waals surface area contributed by atoms with Gasteiger partial charge >= 0.3 is 0 Å². The molecule has 0 bridgehead atoms. The minimum Gasteiger partial charge on any atom is -0.347 e. The molecular weight excluding hydrogens is 364 g/mol. The Morgan fingerprint density at radius 1 is 1.15 bits per heavy atom. The quantitative estimate of drug-likeness (QED) is 0.733. The van der Waals surface area contributed by atoms with Gasteiger partial charge in [0.05, 0.1) is 19.0 Å². The van der Waals surface area contributed by atoms with Crippen LogP contribution in [0.2, 0.25) is 0 Å². The van der Waals surface area contributed by atoms with Crippen LogP contribution in [0.3, 0.4) is 0 Å². The zero-order chi connectivity index (χ0) is 18.7. The van der Waals surface area contributed by atoms with Crippen LogP contribution in [0.25, 0.3) is 11.4 Å². The smallest absolute Gasteiger partial charge is 0.233 e. The van der Waals surface area contributed by atoms with E-state index >= 15 is 0 Å². The number of hydrogen-bond donors (Lipinski definition) is 0. The summed E-state index contributed by atoms with van der Waals surface area (Å²) in [6, 6.07) is 10.00. The Hall–Kier alpha value is -1.90. The molecule has 4 rings (SSSR count). The first kappa shape index (κ1) is 18.5. The van der Waals surface area contributed by atoms with E-state index < -0.39 is 5.79 Å². The van der Waals surface area contributed by atoms with Crippen LogP contribution in [0.15, 0.2) is 35.5 Å². The highest BCUT2D eigenvalue weighted by Gasteiger charge is 2.40. The lowest BCUT2D eigenvalue weighted by atomic mass is 10.0. The summed E-state index contributed by atoms with van der Waals surface area (Å²) < 4.78 is 13.5. The second-order valence-electron chi connectivity index (χ2n) is 6.69. The Morgan fingerprint density at radius 2 is 1.85 bits per heavy atom. The fraction of sp³-hybridized carbons (Fsp3) is 0.526. The Kier molecular flexibility index (Phi) is 5.47. The van der Waals surface area contributed by atoms with Crippen molar-refractivity contribution in [2.24, 2.45) is 0 Å². The minimum absolute atomic E-state index is 0.125. The number of likely N-dealkylation sites (tertiary alicyclic amines) is 1. The number of benzene rings is 1. The van der Waals surface area contributed by atoms with Gasteiger partial charge in [0.1, 0.15) is 0 Å². The van der Waals surface area contributed by atoms with E-state index in [-0.39, 0.29) is 5.91 Å². The van der Waals surface area contributed by atoms with E-state index in [9.17, 15) is 4.79 Å². The summed E-state index contributed by atoms with van der Waals surface area (Å²) in [6.07, 6.45) is 1.49. The number of hydrogen-bond acceptors (Lipinski definition) is 6. The molecule has 2 aliphatic rings. The van der Waals surface area contributed by atoms with Crippen LogP contribution in [-0.2, 0) is 20.8 Å². The number of amides is 1. The molecule has 0 N–H and O–H groups in total. The predicted octanol–water partition coefficient (Wildman–Crippen LogP) is 2.42. The van der Waals surface area contributed by atoms with Gasteiger partial charge in [-0.2, -0.15) is 0 Å². The van der Waals surface area contributed by atoms with Gasteiger partial charge < -0.3 is 18.9 Å². The summed E-state index contributed by atoms with van der Waals surface area (Å²) in [7, 11) is 0. The van der Waals surface area contributed by atoms with Crippen LogP contribution in [0, 0.1) is 0 Å². The molecule has 8 heteroatoms. The van der Waals surface area contributed by atoms with E-state index in [0.717, 1.165) is 35.9 Å². The zero-order valence-corrected chi connectivity index (χ0v) is 16.3. The van der Waals surface area contributed by atoms with Crippen molar-refractivity contribution in [3.63, 3.8) is 0 Å². The first-order valence-corrected chi connectivity index (χ1v) is 10.4. The molecule has 2 aliphatic heterocycles. The third-order valence-electron chi connectivity index (χ3n) is 5.08. The van der Waals surface area contributed by atoms with Crippen LogP contribution in [0.5, 0.6) is 0 Å². The van der Waals surface area contributed by atoms with Gasteiger partial charge in [-0.25, -0.2) is 0 Å². The molecule has 7 nitrogen and oxygen atoms in total. The highest BCUT2D eigenvalue weighted by atomic mass is 32.2. The third kappa shape index (κ3) is 3.88. The third-order valence-corrected chi connectivity index (χ3v) is 6.03. The monoisotopic (exact) mass is 388 g/mol. The molecule has 1 spiro atoms. The van der Waals surface area contributed by atoms with E-state index in [1.54, 1.807) is 0 Å². The molecule has 0 atom stereocenters. The molecular formula is C19H24N4O3S. The van der Waals surface area contributed by atoms with Crippen molar-refractivity contribution in [3.05, 3.63) is 30.3 Å². The Morgan fingerprint density at radius 3 is 2.52 bits per heavy atom. The lowest BCUT2D eigenvalue weighted by Gasteiger charge is -2.37. The van der Waals surface area contributed by atoms with Gasteiger partial charge in [-0.05, 0) is 6.92 Å². The van der Waals surface area contributed by atoms with Crippen molar-refractivity contribution >= 4 is 17.7 Å². The number of thioether (sulfide) groups is 1. The van der Waals surface area contributed by atoms with Gasteiger partial charge in [-0.1, -0.05) is 42.1 Å². The SMILES string of the molecule is CCn1c(SCC(=O)N2CCC3(CC2)OCCO3)nnc1-c1ccccc1. The molecule has 0 radical (unpaired) electrons. The van der Waals surface area contributed by atoms with Crippen LogP contribution >= 0.6 is 11.8 Å². The molecule has 144 valence electrons. The maximum Gasteiger partial charge on any atom is 0.233 e. The maximum atomic E-state index is 12.6. The summed E-state index contributed by atoms with van der Waals surface area (Å²) in [4.78, 5) is 14.5. The second-order valence-corrected chi connectivity index (χ2v) is 7.64. The Bertz CT molecular complexity index is 780. The van der Waals surface area contributed by atoms with Crippen LogP contribution in [0.1, 0.15) is 19.8 Å². The van der Waals surface area contributed by atoms with E-state index in [2.05, 4.69) is 21.7 Å². The Balaban J connectivity index is 1.36. The fourth-order valence-electron chi connectivity index (χ4n) is 3.58. The van der Waals surface area contributed by atoms with Crippen molar-refractivity contribution in [3.8, 4) is 11.4 Å². The standard InChI is InChI=1S/C19H24N4O3S/c1-2-23-17(15-6-4-3-5-7-15)20-21-18(23)27-14-16(24)22-10-8-19(9-11-22)25-12-13-26-19/h3-7H,2,8-14H2,1H3. The minimum atomic E-state index is -0.448. The lowest BCUT2D eigenvalue weighted by molar-refractivity contribution is -0.186. The molecule has 27 heavy (non-hydrogen) atoms. The first-order chi connectivity index (χ1) is 13.2. The summed E-state index contributed by atoms with van der Waals surface area (Å²) in [5.74, 6) is 0.877. The molecule has 0 unspecified atom stereocenters. The molecule has 0 saturated carbocycles. The van der Waals surface area contributed by atoms with Crippen molar-refractivity contribution in [2.75, 3.05) is 32.1 Å². The lowest BCUT2D eigenvalue weighted by Crippen LogP contribution is -2.47. The molecule has 2 aromatic rings. The number of carbonyl (C=O) groups excluding carboxylic acids is 1. The van der Waals surface area contributed by atoms with Crippen molar-refractivity contribution < 1.29 is 14.3 Å². The van der Waals surface area contributed by atoms with Crippen molar-refractivity contribution in [2.45, 2.75) is 37.3 Å². The van der Waals surface area contributed by atoms with Crippen LogP contribution < -0.4 is 0 Å². The summed E-state index contributed by atoms with van der Waals surface area (Å²) >= 11 is 1.45. The highest BCUT2D eigenvalue weighted by Crippen LogP contribution is 2.31. The Labute approximate surface area is 163 Å². The second kappa shape index (κ2) is 8.00. The largest absolute Gasteiger partial charge is 0.347 e. The van der Waals surface area contributed by atoms with Gasteiger partial charge in [0.15, 0.2) is 16.8 Å². The molecule has 3 heterocycles. The molecule has 0 aliphatic carbocycles. The predicted molar refractivity (Wildman–Crippen MR) is 102 cm³/mol. The number of aromatic nitrogens is 3. The number of nitrogens with zero attached hydrogens (tertiary/aromatic N) is 4. The fourth-order valence-corrected chi connectivity index (χ4v) is 4.49. The number of carbonyl (C=O) groups is 1. The van der Waals surface area contributed by atoms with Crippen molar-refractivity contribution in [1.29, 1.82) is 0 Å². The molecule has 2 saturated heterocycles. The van der Waals surface area contributed by atoms with Crippen LogP contribution in [0.4, 0.5) is 0 Å². The number of rotatable bonds is 5. The van der Waals surface area contributed by atoms with E-state index in [0.29, 0.717) is 32.1 Å². The van der Waals surface area contributed by atoms with Crippen LogP contribution in [-0.4, -0.2) is 63.4 Å². The van der Waals surface area contributed by atoms with E-state index in [4.69, 9.17) is 9.47 Å². The van der Waals surface area contributed by atoms with E-state index in [1.807, 2.05) is 35.2 Å². The topological polar surface area (TPSA) is 69.5 Å². The van der Waals surface area contributed by atoms with Crippen molar-refractivity contribution in [1.82, 2.24) is 19.7 Å². The highest BCUT2D eigenvalue weighted by molar-refractivity contribution is 7.99. The van der Waals surface area contributed by atoms with Gasteiger partial charge in [-0.15, -0.1) is 10.2 Å². The first-order valence-electron chi connectivity index (χ1n) is 9.38. The van der Waals surface area contributed by atoms with E-state index in [1.165, 1.54) is 11.8 Å².